The highest BCUT2D eigenvalue weighted by Crippen LogP contribution is 2.23. The zero-order valence-electron chi connectivity index (χ0n) is 15.5. The summed E-state index contributed by atoms with van der Waals surface area (Å²) in [5.74, 6) is 0.235. The van der Waals surface area contributed by atoms with Gasteiger partial charge in [0, 0.05) is 29.9 Å². The molecule has 2 heterocycles. The van der Waals surface area contributed by atoms with Gasteiger partial charge in [0.15, 0.2) is 5.65 Å². The van der Waals surface area contributed by atoms with Gasteiger partial charge in [0.05, 0.1) is 11.4 Å². The molecule has 2 aromatic carbocycles. The molecule has 4 aromatic rings. The van der Waals surface area contributed by atoms with Gasteiger partial charge in [0.25, 0.3) is 5.91 Å². The van der Waals surface area contributed by atoms with Crippen LogP contribution in [0, 0.1) is 6.92 Å². The molecule has 28 heavy (non-hydrogen) atoms. The van der Waals surface area contributed by atoms with E-state index in [4.69, 9.17) is 5.11 Å². The zero-order chi connectivity index (χ0) is 19.5. The van der Waals surface area contributed by atoms with Crippen molar-refractivity contribution in [3.8, 4) is 11.3 Å². The molecule has 0 aliphatic rings. The molecule has 0 atom stereocenters. The summed E-state index contributed by atoms with van der Waals surface area (Å²) in [5, 5.41) is 16.4. The highest BCUT2D eigenvalue weighted by atomic mass is 16.3. The van der Waals surface area contributed by atoms with Gasteiger partial charge in [-0.15, -0.1) is 0 Å². The molecule has 4 rings (SSSR count). The van der Waals surface area contributed by atoms with E-state index in [1.807, 2.05) is 61.5 Å². The largest absolute Gasteiger partial charge is 0.396 e. The Balaban J connectivity index is 1.68. The van der Waals surface area contributed by atoms with Crippen molar-refractivity contribution >= 4 is 17.4 Å². The maximum Gasteiger partial charge on any atom is 0.256 e. The van der Waals surface area contributed by atoms with Crippen LogP contribution in [-0.4, -0.2) is 32.2 Å². The molecule has 6 heteroatoms. The summed E-state index contributed by atoms with van der Waals surface area (Å²) < 4.78 is 1.78. The number of aliphatic hydroxyl groups is 1. The molecular formula is C22H20N4O2. The van der Waals surface area contributed by atoms with Gasteiger partial charge < -0.3 is 10.4 Å². The van der Waals surface area contributed by atoms with E-state index in [-0.39, 0.29) is 12.5 Å². The fraction of sp³-hybridized carbons (Fsp3) is 0.136. The van der Waals surface area contributed by atoms with E-state index >= 15 is 0 Å². The predicted octanol–water partition coefficient (Wildman–Crippen LogP) is 3.49. The Kier molecular flexibility index (Phi) is 4.87. The molecule has 0 saturated heterocycles. The second-order valence-corrected chi connectivity index (χ2v) is 6.57. The SMILES string of the molecule is Cc1cc2nc(NC(=O)c3ccc(CCO)cc3)cc(-c3ccccc3)n2n1. The van der Waals surface area contributed by atoms with E-state index in [0.717, 1.165) is 22.5 Å². The minimum atomic E-state index is -0.234. The number of hydrogen-bond donors (Lipinski definition) is 2. The Morgan fingerprint density at radius 3 is 2.54 bits per heavy atom. The molecule has 0 spiro atoms. The molecule has 0 radical (unpaired) electrons. The van der Waals surface area contributed by atoms with E-state index in [9.17, 15) is 4.79 Å². The Hall–Kier alpha value is -3.51. The standard InChI is InChI=1S/C22H20N4O2/c1-15-13-21-23-20(14-19(26(21)25-15)17-5-3-2-4-6-17)24-22(28)18-9-7-16(8-10-18)11-12-27/h2-10,13-14,27H,11-12H2,1H3,(H,23,24,28). The first kappa shape index (κ1) is 17.9. The first-order valence-corrected chi connectivity index (χ1v) is 9.08. The van der Waals surface area contributed by atoms with E-state index in [1.165, 1.54) is 0 Å². The summed E-state index contributed by atoms with van der Waals surface area (Å²) in [4.78, 5) is 17.2. The number of amides is 1. The van der Waals surface area contributed by atoms with Crippen molar-refractivity contribution in [2.75, 3.05) is 11.9 Å². The normalized spacial score (nSPS) is 10.9. The summed E-state index contributed by atoms with van der Waals surface area (Å²) >= 11 is 0. The molecule has 140 valence electrons. The number of aliphatic hydroxyl groups excluding tert-OH is 1. The summed E-state index contributed by atoms with van der Waals surface area (Å²) in [6.07, 6.45) is 0.571. The number of aryl methyl sites for hydroxylation is 1. The lowest BCUT2D eigenvalue weighted by molar-refractivity contribution is 0.102. The Labute approximate surface area is 162 Å². The van der Waals surface area contributed by atoms with Crippen molar-refractivity contribution in [2.24, 2.45) is 0 Å². The quantitative estimate of drug-likeness (QED) is 0.562. The second-order valence-electron chi connectivity index (χ2n) is 6.57. The van der Waals surface area contributed by atoms with E-state index in [0.29, 0.717) is 23.4 Å². The van der Waals surface area contributed by atoms with Crippen LogP contribution in [0.5, 0.6) is 0 Å². The predicted molar refractivity (Wildman–Crippen MR) is 108 cm³/mol. The molecule has 0 saturated carbocycles. The molecular weight excluding hydrogens is 352 g/mol. The number of nitrogens with one attached hydrogen (secondary N) is 1. The number of carbonyl (C=O) groups is 1. The van der Waals surface area contributed by atoms with Crippen LogP contribution in [0.2, 0.25) is 0 Å². The molecule has 0 aliphatic carbocycles. The number of carbonyl (C=O) groups excluding carboxylic acids is 1. The zero-order valence-corrected chi connectivity index (χ0v) is 15.5. The summed E-state index contributed by atoms with van der Waals surface area (Å²) in [7, 11) is 0. The number of hydrogen-bond acceptors (Lipinski definition) is 4. The van der Waals surface area contributed by atoms with Gasteiger partial charge in [-0.2, -0.15) is 5.10 Å². The first-order valence-electron chi connectivity index (χ1n) is 9.08. The number of nitrogens with zero attached hydrogens (tertiary/aromatic N) is 3. The Morgan fingerprint density at radius 1 is 1.07 bits per heavy atom. The van der Waals surface area contributed by atoms with Crippen molar-refractivity contribution in [1.82, 2.24) is 14.6 Å². The number of anilines is 1. The number of benzene rings is 2. The third-order valence-corrected chi connectivity index (χ3v) is 4.48. The van der Waals surface area contributed by atoms with Crippen molar-refractivity contribution in [3.63, 3.8) is 0 Å². The van der Waals surface area contributed by atoms with Gasteiger partial charge in [-0.1, -0.05) is 42.5 Å². The highest BCUT2D eigenvalue weighted by Gasteiger charge is 2.13. The van der Waals surface area contributed by atoms with Crippen LogP contribution in [0.3, 0.4) is 0 Å². The van der Waals surface area contributed by atoms with Crippen LogP contribution in [0.1, 0.15) is 21.6 Å². The Morgan fingerprint density at radius 2 is 1.82 bits per heavy atom. The van der Waals surface area contributed by atoms with Gasteiger partial charge in [-0.25, -0.2) is 9.50 Å². The number of aromatic nitrogens is 3. The highest BCUT2D eigenvalue weighted by molar-refractivity contribution is 6.04. The molecule has 2 aromatic heterocycles. The van der Waals surface area contributed by atoms with E-state index in [1.54, 1.807) is 16.6 Å². The topological polar surface area (TPSA) is 79.5 Å². The smallest absolute Gasteiger partial charge is 0.256 e. The molecule has 2 N–H and O–H groups in total. The summed E-state index contributed by atoms with van der Waals surface area (Å²) in [6.45, 7) is 2.00. The van der Waals surface area contributed by atoms with Crippen LogP contribution in [0.15, 0.2) is 66.7 Å². The van der Waals surface area contributed by atoms with Gasteiger partial charge in [0.1, 0.15) is 5.82 Å². The van der Waals surface area contributed by atoms with Gasteiger partial charge in [-0.3, -0.25) is 4.79 Å². The summed E-state index contributed by atoms with van der Waals surface area (Å²) in [6, 6.07) is 20.8. The molecule has 0 bridgehead atoms. The van der Waals surface area contributed by atoms with Crippen LogP contribution < -0.4 is 5.32 Å². The minimum Gasteiger partial charge on any atom is -0.396 e. The summed E-state index contributed by atoms with van der Waals surface area (Å²) in [5.41, 5.74) is 4.89. The third-order valence-electron chi connectivity index (χ3n) is 4.48. The van der Waals surface area contributed by atoms with Gasteiger partial charge in [-0.05, 0) is 31.0 Å². The minimum absolute atomic E-state index is 0.0858. The molecule has 0 unspecified atom stereocenters. The molecule has 1 amide bonds. The lowest BCUT2D eigenvalue weighted by atomic mass is 10.1. The van der Waals surface area contributed by atoms with E-state index < -0.39 is 0 Å². The van der Waals surface area contributed by atoms with Crippen LogP contribution in [-0.2, 0) is 6.42 Å². The maximum atomic E-state index is 12.6. The molecule has 0 aliphatic heterocycles. The van der Waals surface area contributed by atoms with Gasteiger partial charge >= 0.3 is 0 Å². The van der Waals surface area contributed by atoms with Crippen molar-refractivity contribution < 1.29 is 9.90 Å². The van der Waals surface area contributed by atoms with Crippen molar-refractivity contribution in [2.45, 2.75) is 13.3 Å². The van der Waals surface area contributed by atoms with Crippen molar-refractivity contribution in [1.29, 1.82) is 0 Å². The lowest BCUT2D eigenvalue weighted by Crippen LogP contribution is -2.14. The Bertz CT molecular complexity index is 1120. The van der Waals surface area contributed by atoms with Crippen LogP contribution in [0.25, 0.3) is 16.9 Å². The molecule has 0 fully saturated rings. The van der Waals surface area contributed by atoms with Crippen molar-refractivity contribution in [3.05, 3.63) is 83.6 Å². The fourth-order valence-electron chi connectivity index (χ4n) is 3.11. The number of fused-ring (bicyclic) bond motifs is 1. The third kappa shape index (κ3) is 3.63. The molecule has 6 nitrogen and oxygen atoms in total. The first-order chi connectivity index (χ1) is 13.6. The number of rotatable bonds is 5. The second kappa shape index (κ2) is 7.62. The fourth-order valence-corrected chi connectivity index (χ4v) is 3.11. The monoisotopic (exact) mass is 372 g/mol. The van der Waals surface area contributed by atoms with Crippen LogP contribution >= 0.6 is 0 Å². The average molecular weight is 372 g/mol. The lowest BCUT2D eigenvalue weighted by Gasteiger charge is -2.10. The van der Waals surface area contributed by atoms with Gasteiger partial charge in [0.2, 0.25) is 0 Å². The van der Waals surface area contributed by atoms with E-state index in [2.05, 4.69) is 15.4 Å². The average Bonchev–Trinajstić information content (AvgIpc) is 3.09. The maximum absolute atomic E-state index is 12.6. The van der Waals surface area contributed by atoms with Crippen LogP contribution in [0.4, 0.5) is 5.82 Å².